The quantitative estimate of drug-likeness (QED) is 0.825. The standard InChI is InChI=1S/C16H19N3O2/c1-11-4-3-5-12(8-11)6-7-18-15-9-13(16(20)21-2)14(17)10-19-15/h3-5,8-10H,6-7,17H2,1-2H3,(H,18,19). The van der Waals surface area contributed by atoms with Gasteiger partial charge in [0.2, 0.25) is 0 Å². The van der Waals surface area contributed by atoms with Crippen molar-refractivity contribution >= 4 is 17.5 Å². The number of nitrogens with one attached hydrogen (secondary N) is 1. The maximum atomic E-state index is 11.6. The Kier molecular flexibility index (Phi) is 4.77. The average Bonchev–Trinajstić information content (AvgIpc) is 2.48. The third-order valence-corrected chi connectivity index (χ3v) is 3.14. The monoisotopic (exact) mass is 285 g/mol. The van der Waals surface area contributed by atoms with Crippen LogP contribution < -0.4 is 11.1 Å². The van der Waals surface area contributed by atoms with Crippen LogP contribution in [0.15, 0.2) is 36.5 Å². The smallest absolute Gasteiger partial charge is 0.340 e. The predicted molar refractivity (Wildman–Crippen MR) is 83.4 cm³/mol. The zero-order chi connectivity index (χ0) is 15.2. The second-order valence-electron chi connectivity index (χ2n) is 4.81. The van der Waals surface area contributed by atoms with Crippen molar-refractivity contribution in [3.8, 4) is 0 Å². The van der Waals surface area contributed by atoms with Gasteiger partial charge in [0.25, 0.3) is 0 Å². The fourth-order valence-corrected chi connectivity index (χ4v) is 2.05. The van der Waals surface area contributed by atoms with Gasteiger partial charge in [-0.1, -0.05) is 29.8 Å². The molecule has 0 saturated heterocycles. The summed E-state index contributed by atoms with van der Waals surface area (Å²) in [5.74, 6) is 0.147. The Morgan fingerprint density at radius 3 is 2.90 bits per heavy atom. The molecule has 5 heteroatoms. The molecule has 0 aliphatic heterocycles. The van der Waals surface area contributed by atoms with Crippen molar-refractivity contribution in [3.63, 3.8) is 0 Å². The van der Waals surface area contributed by atoms with Crippen LogP contribution in [0.25, 0.3) is 0 Å². The summed E-state index contributed by atoms with van der Waals surface area (Å²) in [6.07, 6.45) is 2.34. The van der Waals surface area contributed by atoms with Crippen LogP contribution in [0.5, 0.6) is 0 Å². The van der Waals surface area contributed by atoms with Crippen LogP contribution in [0.4, 0.5) is 11.5 Å². The summed E-state index contributed by atoms with van der Waals surface area (Å²) >= 11 is 0. The highest BCUT2D eigenvalue weighted by Crippen LogP contribution is 2.16. The number of nitrogens with two attached hydrogens (primary N) is 1. The minimum absolute atomic E-state index is 0.311. The highest BCUT2D eigenvalue weighted by atomic mass is 16.5. The third-order valence-electron chi connectivity index (χ3n) is 3.14. The zero-order valence-electron chi connectivity index (χ0n) is 12.2. The summed E-state index contributed by atoms with van der Waals surface area (Å²) in [5, 5.41) is 3.18. The number of methoxy groups -OCH3 is 1. The van der Waals surface area contributed by atoms with Gasteiger partial charge in [0, 0.05) is 6.54 Å². The Balaban J connectivity index is 1.99. The number of rotatable bonds is 5. The van der Waals surface area contributed by atoms with E-state index in [0.717, 1.165) is 13.0 Å². The van der Waals surface area contributed by atoms with E-state index in [1.54, 1.807) is 6.07 Å². The van der Waals surface area contributed by atoms with E-state index < -0.39 is 5.97 Å². The molecule has 1 heterocycles. The number of nitrogens with zero attached hydrogens (tertiary/aromatic N) is 1. The molecule has 0 aliphatic carbocycles. The molecule has 0 amide bonds. The summed E-state index contributed by atoms with van der Waals surface area (Å²) in [6.45, 7) is 2.79. The first-order valence-electron chi connectivity index (χ1n) is 6.73. The van der Waals surface area contributed by atoms with Gasteiger partial charge in [0.15, 0.2) is 0 Å². The van der Waals surface area contributed by atoms with E-state index in [2.05, 4.69) is 40.2 Å². The molecule has 0 aliphatic rings. The van der Waals surface area contributed by atoms with Gasteiger partial charge < -0.3 is 15.8 Å². The van der Waals surface area contributed by atoms with Crippen molar-refractivity contribution in [2.75, 3.05) is 24.7 Å². The van der Waals surface area contributed by atoms with E-state index in [0.29, 0.717) is 17.1 Å². The minimum atomic E-state index is -0.461. The SMILES string of the molecule is COC(=O)c1cc(NCCc2cccc(C)c2)ncc1N. The van der Waals surface area contributed by atoms with Gasteiger partial charge in [-0.25, -0.2) is 9.78 Å². The van der Waals surface area contributed by atoms with Crippen LogP contribution in [-0.4, -0.2) is 24.6 Å². The molecule has 1 aromatic heterocycles. The molecule has 0 unspecified atom stereocenters. The number of nitrogen functional groups attached to an aromatic ring is 1. The largest absolute Gasteiger partial charge is 0.465 e. The Morgan fingerprint density at radius 2 is 2.19 bits per heavy atom. The molecule has 110 valence electrons. The molecule has 2 aromatic rings. The summed E-state index contributed by atoms with van der Waals surface area (Å²) in [4.78, 5) is 15.7. The Hall–Kier alpha value is -2.56. The predicted octanol–water partition coefficient (Wildman–Crippen LogP) is 2.41. The van der Waals surface area contributed by atoms with Crippen LogP contribution in [0.2, 0.25) is 0 Å². The Bertz CT molecular complexity index is 641. The zero-order valence-corrected chi connectivity index (χ0v) is 12.2. The number of hydrogen-bond acceptors (Lipinski definition) is 5. The van der Waals surface area contributed by atoms with Crippen molar-refractivity contribution in [2.45, 2.75) is 13.3 Å². The molecule has 0 spiro atoms. The molecular weight excluding hydrogens is 266 g/mol. The lowest BCUT2D eigenvalue weighted by Gasteiger charge is -2.09. The molecule has 0 radical (unpaired) electrons. The van der Waals surface area contributed by atoms with Crippen LogP contribution in [-0.2, 0) is 11.2 Å². The number of aryl methyl sites for hydroxylation is 1. The number of benzene rings is 1. The minimum Gasteiger partial charge on any atom is -0.465 e. The summed E-state index contributed by atoms with van der Waals surface area (Å²) in [5.41, 5.74) is 8.84. The molecule has 0 saturated carbocycles. The van der Waals surface area contributed by atoms with Gasteiger partial charge in [-0.05, 0) is 25.0 Å². The van der Waals surface area contributed by atoms with Crippen LogP contribution in [0, 0.1) is 6.92 Å². The molecule has 21 heavy (non-hydrogen) atoms. The molecule has 0 bridgehead atoms. The maximum Gasteiger partial charge on any atom is 0.340 e. The number of pyridine rings is 1. The topological polar surface area (TPSA) is 77.2 Å². The number of carbonyl (C=O) groups excluding carboxylic acids is 1. The van der Waals surface area contributed by atoms with Crippen molar-refractivity contribution in [1.82, 2.24) is 4.98 Å². The van der Waals surface area contributed by atoms with E-state index in [1.165, 1.54) is 24.4 Å². The molecular formula is C16H19N3O2. The first kappa shape index (κ1) is 14.8. The number of anilines is 2. The Labute approximate surface area is 124 Å². The maximum absolute atomic E-state index is 11.6. The third kappa shape index (κ3) is 3.95. The normalized spacial score (nSPS) is 10.2. The van der Waals surface area contributed by atoms with E-state index in [1.807, 2.05) is 6.07 Å². The fraction of sp³-hybridized carbons (Fsp3) is 0.250. The average molecular weight is 285 g/mol. The second-order valence-corrected chi connectivity index (χ2v) is 4.81. The van der Waals surface area contributed by atoms with Gasteiger partial charge in [0.1, 0.15) is 5.82 Å². The van der Waals surface area contributed by atoms with E-state index in [9.17, 15) is 4.79 Å². The molecule has 0 atom stereocenters. The molecule has 0 fully saturated rings. The fourth-order valence-electron chi connectivity index (χ4n) is 2.05. The van der Waals surface area contributed by atoms with Gasteiger partial charge in [-0.15, -0.1) is 0 Å². The van der Waals surface area contributed by atoms with E-state index >= 15 is 0 Å². The number of ether oxygens (including phenoxy) is 1. The van der Waals surface area contributed by atoms with E-state index in [4.69, 9.17) is 5.73 Å². The molecule has 1 aromatic carbocycles. The lowest BCUT2D eigenvalue weighted by molar-refractivity contribution is 0.0602. The molecule has 2 rings (SSSR count). The van der Waals surface area contributed by atoms with Gasteiger partial charge in [-0.3, -0.25) is 0 Å². The van der Waals surface area contributed by atoms with Crippen LogP contribution in [0.3, 0.4) is 0 Å². The summed E-state index contributed by atoms with van der Waals surface area (Å²) in [7, 11) is 1.33. The van der Waals surface area contributed by atoms with Crippen LogP contribution in [0.1, 0.15) is 21.5 Å². The van der Waals surface area contributed by atoms with Crippen molar-refractivity contribution in [3.05, 3.63) is 53.2 Å². The second kappa shape index (κ2) is 6.74. The van der Waals surface area contributed by atoms with Gasteiger partial charge >= 0.3 is 5.97 Å². The van der Waals surface area contributed by atoms with Gasteiger partial charge in [0.05, 0.1) is 24.6 Å². The number of esters is 1. The van der Waals surface area contributed by atoms with Crippen molar-refractivity contribution < 1.29 is 9.53 Å². The van der Waals surface area contributed by atoms with Crippen molar-refractivity contribution in [2.24, 2.45) is 0 Å². The number of hydrogen-bond donors (Lipinski definition) is 2. The lowest BCUT2D eigenvalue weighted by atomic mass is 10.1. The lowest BCUT2D eigenvalue weighted by Crippen LogP contribution is -2.10. The first-order valence-corrected chi connectivity index (χ1v) is 6.73. The van der Waals surface area contributed by atoms with Gasteiger partial charge in [-0.2, -0.15) is 0 Å². The summed E-state index contributed by atoms with van der Waals surface area (Å²) < 4.78 is 4.68. The van der Waals surface area contributed by atoms with Crippen LogP contribution >= 0.6 is 0 Å². The molecule has 3 N–H and O–H groups in total. The summed E-state index contributed by atoms with van der Waals surface area (Å²) in [6, 6.07) is 9.96. The Morgan fingerprint density at radius 1 is 1.38 bits per heavy atom. The first-order chi connectivity index (χ1) is 10.1. The highest BCUT2D eigenvalue weighted by molar-refractivity contribution is 5.95. The number of aromatic nitrogens is 1. The van der Waals surface area contributed by atoms with E-state index in [-0.39, 0.29) is 0 Å². The molecule has 5 nitrogen and oxygen atoms in total. The highest BCUT2D eigenvalue weighted by Gasteiger charge is 2.11. The van der Waals surface area contributed by atoms with Crippen molar-refractivity contribution in [1.29, 1.82) is 0 Å². The number of carbonyl (C=O) groups is 1.